The number of thioether (sulfide) groups is 1. The van der Waals surface area contributed by atoms with Crippen LogP contribution in [-0.4, -0.2) is 94.9 Å². The average molecular weight is 533 g/mol. The lowest BCUT2D eigenvalue weighted by Crippen LogP contribution is -2.68. The van der Waals surface area contributed by atoms with Crippen molar-refractivity contribution in [3.63, 3.8) is 0 Å². The molecule has 0 spiro atoms. The number of nitrogens with zero attached hydrogens (tertiary/aromatic N) is 5. The number of ether oxygens (including phenoxy) is 1. The van der Waals surface area contributed by atoms with E-state index in [1.807, 2.05) is 41.2 Å². The van der Waals surface area contributed by atoms with Gasteiger partial charge in [-0.1, -0.05) is 30.3 Å². The third-order valence-electron chi connectivity index (χ3n) is 6.45. The Morgan fingerprint density at radius 3 is 2.73 bits per heavy atom. The normalized spacial score (nSPS) is 22.3. The van der Waals surface area contributed by atoms with Crippen molar-refractivity contribution in [2.45, 2.75) is 56.4 Å². The van der Waals surface area contributed by atoms with E-state index in [9.17, 15) is 20.2 Å². The second kappa shape index (κ2) is 12.6. The Kier molecular flexibility index (Phi) is 9.29. The smallest absolute Gasteiger partial charge is 0.304 e. The van der Waals surface area contributed by atoms with Crippen molar-refractivity contribution >= 4 is 34.7 Å². The molecule has 1 aliphatic heterocycles. The number of hydrogen-bond donors (Lipinski definition) is 5. The van der Waals surface area contributed by atoms with E-state index in [4.69, 9.17) is 4.74 Å². The lowest BCUT2D eigenvalue weighted by atomic mass is 10.1. The first-order valence-corrected chi connectivity index (χ1v) is 13.6. The third kappa shape index (κ3) is 6.55. The number of carbonyl (C=O) groups excluding carboxylic acids is 1. The van der Waals surface area contributed by atoms with Gasteiger partial charge in [0, 0.05) is 19.5 Å². The van der Waals surface area contributed by atoms with Crippen LogP contribution < -0.4 is 11.1 Å². The number of aliphatic hydroxyl groups excluding tert-OH is 2. The van der Waals surface area contributed by atoms with Crippen LogP contribution in [0.3, 0.4) is 0 Å². The first-order chi connectivity index (χ1) is 17.9. The molecule has 1 aromatic carbocycles. The van der Waals surface area contributed by atoms with Crippen LogP contribution in [0.4, 0.5) is 5.82 Å². The molecule has 3 aromatic rings. The fraction of sp³-hybridized carbons (Fsp3) is 0.500. The summed E-state index contributed by atoms with van der Waals surface area (Å²) in [4.78, 5) is 25.5. The number of quaternary nitrogens is 1. The van der Waals surface area contributed by atoms with Crippen LogP contribution in [0, 0.1) is 0 Å². The Labute approximate surface area is 218 Å². The molecule has 0 bridgehead atoms. The monoisotopic (exact) mass is 532 g/mol. The summed E-state index contributed by atoms with van der Waals surface area (Å²) in [6.45, 7) is 0.763. The number of nitrogens with one attached hydrogen (secondary N) is 1. The number of fused-ring (bicyclic) bond motifs is 1. The highest BCUT2D eigenvalue weighted by atomic mass is 32.2. The molecule has 5 atom stereocenters. The van der Waals surface area contributed by atoms with Crippen LogP contribution in [0.5, 0.6) is 0 Å². The summed E-state index contributed by atoms with van der Waals surface area (Å²) in [7, 11) is 0. The molecule has 13 heteroatoms. The van der Waals surface area contributed by atoms with E-state index in [1.165, 1.54) is 6.33 Å². The van der Waals surface area contributed by atoms with Crippen molar-refractivity contribution in [1.82, 2.24) is 24.6 Å². The zero-order chi connectivity index (χ0) is 26.4. The summed E-state index contributed by atoms with van der Waals surface area (Å²) >= 11 is 1.59. The van der Waals surface area contributed by atoms with E-state index in [-0.39, 0.29) is 6.54 Å². The molecule has 0 aliphatic carbocycles. The fourth-order valence-electron chi connectivity index (χ4n) is 4.29. The Balaban J connectivity index is 1.34. The number of hydrogen-bond acceptors (Lipinski definition) is 10. The summed E-state index contributed by atoms with van der Waals surface area (Å²) in [6, 6.07) is 9.36. The molecule has 200 valence electrons. The molecule has 7 N–H and O–H groups in total. The summed E-state index contributed by atoms with van der Waals surface area (Å²) < 4.78 is 7.67. The van der Waals surface area contributed by atoms with Crippen molar-refractivity contribution in [2.75, 3.05) is 23.9 Å². The molecule has 0 unspecified atom stereocenters. The maximum atomic E-state index is 12.3. The van der Waals surface area contributed by atoms with Crippen LogP contribution in [0.15, 0.2) is 43.0 Å². The van der Waals surface area contributed by atoms with E-state index in [2.05, 4.69) is 26.0 Å². The Hall–Kier alpha value is -2.81. The van der Waals surface area contributed by atoms with Gasteiger partial charge in [-0.05, 0) is 24.0 Å². The Morgan fingerprint density at radius 1 is 1.22 bits per heavy atom. The second-order valence-corrected chi connectivity index (χ2v) is 10.0. The van der Waals surface area contributed by atoms with Crippen LogP contribution in [0.1, 0.15) is 18.4 Å². The van der Waals surface area contributed by atoms with E-state index in [1.54, 1.807) is 18.1 Å². The Bertz CT molecular complexity index is 1170. The SMILES string of the molecule is CSCC[C@H]([NH3+])C(=O)N(O)C[C@H]1O[C@@H](CCn2cnc3c(NCc4ccccc4)ncnc32)[C@H](O)[C@@H]1O. The van der Waals surface area contributed by atoms with Crippen LogP contribution >= 0.6 is 11.8 Å². The van der Waals surface area contributed by atoms with Gasteiger partial charge in [0.1, 0.15) is 30.2 Å². The van der Waals surface area contributed by atoms with Gasteiger partial charge in [0.15, 0.2) is 17.5 Å². The molecule has 0 saturated carbocycles. The first kappa shape index (κ1) is 27.2. The zero-order valence-electron chi connectivity index (χ0n) is 20.7. The van der Waals surface area contributed by atoms with Crippen molar-refractivity contribution < 1.29 is 30.7 Å². The topological polar surface area (TPSA) is 174 Å². The molecule has 1 aliphatic rings. The minimum absolute atomic E-state index is 0.253. The van der Waals surface area contributed by atoms with Crippen LogP contribution in [0.2, 0.25) is 0 Å². The molecule has 1 amide bonds. The van der Waals surface area contributed by atoms with Crippen molar-refractivity contribution in [1.29, 1.82) is 0 Å². The highest BCUT2D eigenvalue weighted by Gasteiger charge is 2.43. The van der Waals surface area contributed by atoms with Crippen molar-refractivity contribution in [3.8, 4) is 0 Å². The number of aliphatic hydroxyl groups is 2. The number of benzene rings is 1. The van der Waals surface area contributed by atoms with E-state index < -0.39 is 36.4 Å². The number of aromatic nitrogens is 4. The molecule has 2 aromatic heterocycles. The molecule has 3 heterocycles. The molecule has 1 saturated heterocycles. The number of carbonyl (C=O) groups is 1. The molecule has 12 nitrogen and oxygen atoms in total. The third-order valence-corrected chi connectivity index (χ3v) is 7.09. The summed E-state index contributed by atoms with van der Waals surface area (Å²) in [5.41, 5.74) is 6.17. The van der Waals surface area contributed by atoms with Crippen molar-refractivity contribution in [3.05, 3.63) is 48.5 Å². The summed E-state index contributed by atoms with van der Waals surface area (Å²) in [5, 5.41) is 35.0. The van der Waals surface area contributed by atoms with Crippen molar-refractivity contribution in [2.24, 2.45) is 0 Å². The standard InChI is InChI=1S/C24H33N7O5S/c1-37-10-8-16(25)24(34)31(35)12-18-21(33)20(32)17(36-18)7-9-30-14-29-19-22(27-13-28-23(19)30)26-11-15-5-3-2-4-6-15/h2-6,13-14,16-18,20-21,32-33,35H,7-12,25H2,1H3,(H,26,27,28)/p+1/t16-,17-,18+,20-,21+/m0/s1. The molecular weight excluding hydrogens is 498 g/mol. The predicted molar refractivity (Wildman–Crippen MR) is 138 cm³/mol. The second-order valence-electron chi connectivity index (χ2n) is 9.05. The fourth-order valence-corrected chi connectivity index (χ4v) is 4.81. The van der Waals surface area contributed by atoms with Gasteiger partial charge in [-0.25, -0.2) is 20.0 Å². The summed E-state index contributed by atoms with van der Waals surface area (Å²) in [6.07, 6.45) is 1.94. The maximum Gasteiger partial charge on any atom is 0.304 e. The largest absolute Gasteiger partial charge is 0.388 e. The predicted octanol–water partition coefficient (Wildman–Crippen LogP) is -0.101. The van der Waals surface area contributed by atoms with Gasteiger partial charge < -0.3 is 30.6 Å². The van der Waals surface area contributed by atoms with Gasteiger partial charge in [0.25, 0.3) is 0 Å². The first-order valence-electron chi connectivity index (χ1n) is 12.2. The minimum Gasteiger partial charge on any atom is -0.388 e. The van der Waals surface area contributed by atoms with Gasteiger partial charge in [-0.2, -0.15) is 11.8 Å². The lowest BCUT2D eigenvalue weighted by Gasteiger charge is -2.22. The average Bonchev–Trinajstić information content (AvgIpc) is 3.45. The van der Waals surface area contributed by atoms with Gasteiger partial charge in [0.05, 0.1) is 19.0 Å². The number of anilines is 1. The lowest BCUT2D eigenvalue weighted by molar-refractivity contribution is -0.409. The minimum atomic E-state index is -1.24. The Morgan fingerprint density at radius 2 is 1.97 bits per heavy atom. The van der Waals surface area contributed by atoms with E-state index in [0.29, 0.717) is 48.0 Å². The molecule has 37 heavy (non-hydrogen) atoms. The molecular formula is C24H34N7O5S+. The van der Waals surface area contributed by atoms with Gasteiger partial charge in [-0.15, -0.1) is 0 Å². The van der Waals surface area contributed by atoms with Crippen LogP contribution in [0.25, 0.3) is 11.2 Å². The number of amides is 1. The molecule has 4 rings (SSSR count). The van der Waals surface area contributed by atoms with Gasteiger partial charge >= 0.3 is 5.91 Å². The molecule has 0 radical (unpaired) electrons. The van der Waals surface area contributed by atoms with E-state index >= 15 is 0 Å². The number of imidazole rings is 1. The number of aryl methyl sites for hydroxylation is 1. The quantitative estimate of drug-likeness (QED) is 0.157. The zero-order valence-corrected chi connectivity index (χ0v) is 21.5. The highest BCUT2D eigenvalue weighted by molar-refractivity contribution is 7.98. The molecule has 1 fully saturated rings. The maximum absolute atomic E-state index is 12.3. The van der Waals surface area contributed by atoms with Crippen LogP contribution in [-0.2, 0) is 22.6 Å². The number of rotatable bonds is 12. The van der Waals surface area contributed by atoms with Gasteiger partial charge in [-0.3, -0.25) is 10.0 Å². The highest BCUT2D eigenvalue weighted by Crippen LogP contribution is 2.26. The number of hydroxylamine groups is 2. The van der Waals surface area contributed by atoms with E-state index in [0.717, 1.165) is 11.3 Å². The summed E-state index contributed by atoms with van der Waals surface area (Å²) in [5.74, 6) is 0.827. The van der Waals surface area contributed by atoms with Gasteiger partial charge in [0.2, 0.25) is 0 Å².